The van der Waals surface area contributed by atoms with Crippen LogP contribution in [0.1, 0.15) is 13.2 Å². The lowest BCUT2D eigenvalue weighted by Gasteiger charge is -2.29. The summed E-state index contributed by atoms with van der Waals surface area (Å²) in [6.45, 7) is 0.956. The van der Waals surface area contributed by atoms with Crippen LogP contribution in [-0.2, 0) is 27.9 Å². The van der Waals surface area contributed by atoms with Gasteiger partial charge >= 0.3 is 13.8 Å². The highest BCUT2D eigenvalue weighted by Gasteiger charge is 2.55. The smallest absolute Gasteiger partial charge is 0.455 e. The zero-order chi connectivity index (χ0) is 18.6. The molecule has 140 valence electrons. The summed E-state index contributed by atoms with van der Waals surface area (Å²) in [6, 6.07) is 0. The van der Waals surface area contributed by atoms with Crippen LogP contribution >= 0.6 is 23.8 Å². The van der Waals surface area contributed by atoms with Crippen LogP contribution < -0.4 is 5.56 Å². The van der Waals surface area contributed by atoms with Crippen molar-refractivity contribution in [3.8, 4) is 0 Å². The van der Waals surface area contributed by atoms with E-state index in [9.17, 15) is 19.0 Å². The summed E-state index contributed by atoms with van der Waals surface area (Å²) in [5.74, 6) is -0.640. The van der Waals surface area contributed by atoms with Crippen LogP contribution in [0.3, 0.4) is 0 Å². The molecule has 2 aliphatic heterocycles. The Bertz CT molecular complexity index is 991. The zero-order valence-corrected chi connectivity index (χ0v) is 15.5. The van der Waals surface area contributed by atoms with Crippen molar-refractivity contribution >= 4 is 40.9 Å². The number of imidazole rings is 1. The number of ether oxygens (including phenoxy) is 2. The quantitative estimate of drug-likeness (QED) is 0.368. The number of nitrogens with zero attached hydrogens (tertiary/aromatic N) is 3. The Morgan fingerprint density at radius 1 is 1.58 bits per heavy atom. The molecule has 2 aromatic heterocycles. The third-order valence-electron chi connectivity index (χ3n) is 3.94. The van der Waals surface area contributed by atoms with E-state index in [1.807, 2.05) is 0 Å². The van der Waals surface area contributed by atoms with Crippen molar-refractivity contribution < 1.29 is 32.8 Å². The van der Waals surface area contributed by atoms with Crippen LogP contribution in [0.15, 0.2) is 15.9 Å². The van der Waals surface area contributed by atoms with E-state index in [-0.39, 0.29) is 22.5 Å². The monoisotopic (exact) mass is 450 g/mol. The number of carbonyl (C=O) groups excluding carboxylic acids is 1. The Morgan fingerprint density at radius 2 is 2.35 bits per heavy atom. The molecule has 4 rings (SSSR count). The van der Waals surface area contributed by atoms with Gasteiger partial charge in [0.1, 0.15) is 12.2 Å². The minimum atomic E-state index is -4.29. The summed E-state index contributed by atoms with van der Waals surface area (Å²) < 4.78 is 34.3. The number of phosphoric ester groups is 1. The molecule has 5 unspecified atom stereocenters. The average Bonchev–Trinajstić information content (AvgIpc) is 3.04. The lowest BCUT2D eigenvalue weighted by Crippen LogP contribution is -2.41. The fourth-order valence-corrected chi connectivity index (χ4v) is 4.47. The molecule has 0 saturated carbocycles. The number of halogens is 1. The van der Waals surface area contributed by atoms with Gasteiger partial charge in [0.05, 0.1) is 12.9 Å². The summed E-state index contributed by atoms with van der Waals surface area (Å²) in [5, 5.41) is 0. The van der Waals surface area contributed by atoms with Crippen LogP contribution in [0.2, 0.25) is 0 Å². The molecule has 0 bridgehead atoms. The Hall–Kier alpha value is -1.63. The second kappa shape index (κ2) is 6.22. The first kappa shape index (κ1) is 17.8. The maximum absolute atomic E-state index is 11.9. The van der Waals surface area contributed by atoms with Crippen LogP contribution in [-0.4, -0.2) is 55.3 Å². The Morgan fingerprint density at radius 3 is 3.08 bits per heavy atom. The molecule has 0 amide bonds. The van der Waals surface area contributed by atoms with Gasteiger partial charge in [-0.1, -0.05) is 0 Å². The summed E-state index contributed by atoms with van der Waals surface area (Å²) >= 11 is 3.23. The van der Waals surface area contributed by atoms with Crippen LogP contribution in [0.5, 0.6) is 0 Å². The van der Waals surface area contributed by atoms with E-state index >= 15 is 0 Å². The first-order chi connectivity index (χ1) is 12.3. The van der Waals surface area contributed by atoms with E-state index in [1.54, 1.807) is 0 Å². The molecule has 2 saturated heterocycles. The largest absolute Gasteiger partial charge is 0.472 e. The molecule has 2 aromatic rings. The number of phosphoric acid groups is 1. The van der Waals surface area contributed by atoms with E-state index in [2.05, 4.69) is 30.9 Å². The van der Waals surface area contributed by atoms with E-state index in [4.69, 9.17) is 18.5 Å². The molecular formula is C12H12BrN4O8P. The second-order valence-electron chi connectivity index (χ2n) is 5.63. The highest BCUT2D eigenvalue weighted by molar-refractivity contribution is 9.10. The lowest BCUT2D eigenvalue weighted by molar-refractivity contribution is -0.155. The fourth-order valence-electron chi connectivity index (χ4n) is 2.97. The van der Waals surface area contributed by atoms with Crippen molar-refractivity contribution in [2.45, 2.75) is 31.5 Å². The van der Waals surface area contributed by atoms with Crippen molar-refractivity contribution in [1.82, 2.24) is 19.5 Å². The number of aromatic nitrogens is 4. The van der Waals surface area contributed by atoms with Crippen LogP contribution in [0, 0.1) is 0 Å². The Labute approximate surface area is 153 Å². The van der Waals surface area contributed by atoms with Gasteiger partial charge in [-0.05, 0) is 15.9 Å². The van der Waals surface area contributed by atoms with Gasteiger partial charge in [0.2, 0.25) is 0 Å². The molecule has 5 atom stereocenters. The van der Waals surface area contributed by atoms with E-state index in [1.165, 1.54) is 17.8 Å². The van der Waals surface area contributed by atoms with Gasteiger partial charge in [0, 0.05) is 6.92 Å². The van der Waals surface area contributed by atoms with Gasteiger partial charge < -0.3 is 19.4 Å². The van der Waals surface area contributed by atoms with Gasteiger partial charge in [-0.2, -0.15) is 0 Å². The third-order valence-corrected chi connectivity index (χ3v) is 5.48. The van der Waals surface area contributed by atoms with E-state index in [0.717, 1.165) is 0 Å². The highest BCUT2D eigenvalue weighted by atomic mass is 79.9. The first-order valence-electron chi connectivity index (χ1n) is 7.36. The third kappa shape index (κ3) is 2.90. The summed E-state index contributed by atoms with van der Waals surface area (Å²) in [4.78, 5) is 43.6. The van der Waals surface area contributed by atoms with E-state index < -0.39 is 43.9 Å². The maximum atomic E-state index is 11.9. The zero-order valence-electron chi connectivity index (χ0n) is 13.1. The summed E-state index contributed by atoms with van der Waals surface area (Å²) in [6.07, 6.45) is -2.72. The minimum absolute atomic E-state index is 0.0458. The Balaban J connectivity index is 1.81. The number of nitrogens with one attached hydrogen (secondary N) is 1. The number of carbonyl (C=O) groups is 1. The Kier molecular flexibility index (Phi) is 4.25. The van der Waals surface area contributed by atoms with Crippen molar-refractivity contribution in [2.75, 3.05) is 6.61 Å². The van der Waals surface area contributed by atoms with Gasteiger partial charge in [0.15, 0.2) is 28.2 Å². The molecule has 14 heteroatoms. The minimum Gasteiger partial charge on any atom is -0.455 e. The SMILES string of the molecule is CC(=O)OC1C2OP(=O)(O)OCC2OC1n1c(Br)nc2c(=O)[nH]cnc21. The molecule has 12 nitrogen and oxygen atoms in total. The fraction of sp³-hybridized carbons (Fsp3) is 0.500. The van der Waals surface area contributed by atoms with Gasteiger partial charge in [0.25, 0.3) is 5.56 Å². The molecule has 4 heterocycles. The molecule has 2 N–H and O–H groups in total. The van der Waals surface area contributed by atoms with Crippen molar-refractivity contribution in [2.24, 2.45) is 0 Å². The second-order valence-corrected chi connectivity index (χ2v) is 7.74. The molecule has 0 aromatic carbocycles. The molecule has 2 aliphatic rings. The molecule has 0 aliphatic carbocycles. The number of H-pyrrole nitrogens is 1. The number of rotatable bonds is 2. The van der Waals surface area contributed by atoms with Gasteiger partial charge in [-0.3, -0.25) is 23.2 Å². The predicted molar refractivity (Wildman–Crippen MR) is 86.0 cm³/mol. The van der Waals surface area contributed by atoms with Crippen molar-refractivity contribution in [1.29, 1.82) is 0 Å². The summed E-state index contributed by atoms with van der Waals surface area (Å²) in [7, 11) is -4.29. The molecule has 0 radical (unpaired) electrons. The maximum Gasteiger partial charge on any atom is 0.472 e. The normalized spacial score (nSPS) is 34.0. The number of aromatic amines is 1. The van der Waals surface area contributed by atoms with Crippen LogP contribution in [0.25, 0.3) is 11.2 Å². The standard InChI is InChI=1S/C12H12BrN4O8P/c1-4(18)23-8-7-5(2-22-26(20,21)25-7)24-11(8)17-9-6(16-12(17)13)10(19)15-3-14-9/h3,5,7-8,11H,2H2,1H3,(H,20,21)(H,14,15,19). The number of hydrogen-bond acceptors (Lipinski definition) is 9. The highest BCUT2D eigenvalue weighted by Crippen LogP contribution is 2.53. The molecule has 26 heavy (non-hydrogen) atoms. The predicted octanol–water partition coefficient (Wildman–Crippen LogP) is 0.227. The molecule has 2 fully saturated rings. The van der Waals surface area contributed by atoms with Gasteiger partial charge in [-0.25, -0.2) is 14.5 Å². The lowest BCUT2D eigenvalue weighted by atomic mass is 10.1. The molecular weight excluding hydrogens is 439 g/mol. The molecule has 0 spiro atoms. The van der Waals surface area contributed by atoms with Crippen molar-refractivity contribution in [3.05, 3.63) is 21.4 Å². The number of esters is 1. The average molecular weight is 451 g/mol. The van der Waals surface area contributed by atoms with Crippen LogP contribution in [0.4, 0.5) is 0 Å². The van der Waals surface area contributed by atoms with Crippen molar-refractivity contribution in [3.63, 3.8) is 0 Å². The van der Waals surface area contributed by atoms with Gasteiger partial charge in [-0.15, -0.1) is 0 Å². The number of fused-ring (bicyclic) bond motifs is 2. The topological polar surface area (TPSA) is 155 Å². The first-order valence-corrected chi connectivity index (χ1v) is 9.65. The number of hydrogen-bond donors (Lipinski definition) is 2. The van der Waals surface area contributed by atoms with E-state index in [0.29, 0.717) is 0 Å². The summed E-state index contributed by atoms with van der Waals surface area (Å²) in [5.41, 5.74) is -0.243.